The van der Waals surface area contributed by atoms with E-state index in [1.165, 1.54) is 11.3 Å². The van der Waals surface area contributed by atoms with Crippen molar-refractivity contribution < 1.29 is 9.18 Å². The molecule has 1 aliphatic heterocycles. The summed E-state index contributed by atoms with van der Waals surface area (Å²) < 4.78 is 14.8. The molecule has 0 spiro atoms. The Morgan fingerprint density at radius 1 is 1.45 bits per heavy atom. The average Bonchev–Trinajstić information content (AvgIpc) is 3.18. The largest absolute Gasteiger partial charge is 0.337 e. The lowest BCUT2D eigenvalue weighted by atomic mass is 10.1. The topological polar surface area (TPSA) is 71.0 Å². The molecule has 1 atom stereocenters. The van der Waals surface area contributed by atoms with Gasteiger partial charge in [0.2, 0.25) is 11.6 Å². The summed E-state index contributed by atoms with van der Waals surface area (Å²) in [4.78, 5) is 26.2. The third-order valence-electron chi connectivity index (χ3n) is 3.66. The van der Waals surface area contributed by atoms with Crippen LogP contribution in [-0.2, 0) is 11.2 Å². The third-order valence-corrected chi connectivity index (χ3v) is 4.35. The highest BCUT2D eigenvalue weighted by atomic mass is 32.1. The molecule has 1 saturated heterocycles. The second-order valence-electron chi connectivity index (χ2n) is 5.17. The number of thiazole rings is 1. The van der Waals surface area contributed by atoms with E-state index in [1.807, 2.05) is 6.92 Å². The number of carbonyl (C=O) groups excluding carboxylic acids is 1. The van der Waals surface area contributed by atoms with Crippen molar-refractivity contribution in [1.82, 2.24) is 15.0 Å². The van der Waals surface area contributed by atoms with E-state index in [4.69, 9.17) is 0 Å². The van der Waals surface area contributed by atoms with E-state index in [-0.39, 0.29) is 13.0 Å². The first kappa shape index (κ1) is 14.8. The monoisotopic (exact) mass is 321 g/mol. The van der Waals surface area contributed by atoms with E-state index in [2.05, 4.69) is 20.3 Å². The Morgan fingerprint density at radius 3 is 2.86 bits per heavy atom. The molecule has 1 fully saturated rings. The molecule has 1 unspecified atom stereocenters. The molecule has 22 heavy (non-hydrogen) atoms. The number of alkyl halides is 1. The van der Waals surface area contributed by atoms with Crippen molar-refractivity contribution in [3.05, 3.63) is 29.5 Å². The van der Waals surface area contributed by atoms with E-state index < -0.39 is 11.6 Å². The summed E-state index contributed by atoms with van der Waals surface area (Å²) in [6, 6.07) is 0. The normalized spacial score (nSPS) is 21.1. The molecule has 3 heterocycles. The van der Waals surface area contributed by atoms with Gasteiger partial charge in [0, 0.05) is 36.9 Å². The number of aryl methyl sites for hydroxylation is 1. The van der Waals surface area contributed by atoms with Gasteiger partial charge in [-0.3, -0.25) is 10.1 Å². The first-order chi connectivity index (χ1) is 10.6. The molecule has 116 valence electrons. The minimum Gasteiger partial charge on any atom is -0.337 e. The zero-order chi connectivity index (χ0) is 15.6. The van der Waals surface area contributed by atoms with Crippen LogP contribution in [-0.4, -0.2) is 39.6 Å². The minimum absolute atomic E-state index is 0.0460. The lowest BCUT2D eigenvalue weighted by molar-refractivity contribution is -0.126. The predicted octanol–water partition coefficient (Wildman–Crippen LogP) is 2.05. The summed E-state index contributed by atoms with van der Waals surface area (Å²) in [5.74, 6) is -0.200. The number of amides is 1. The Labute approximate surface area is 131 Å². The van der Waals surface area contributed by atoms with Crippen LogP contribution in [0.4, 0.5) is 15.5 Å². The van der Waals surface area contributed by atoms with Gasteiger partial charge in [-0.25, -0.2) is 19.3 Å². The average molecular weight is 321 g/mol. The van der Waals surface area contributed by atoms with Crippen LogP contribution in [0.1, 0.15) is 18.9 Å². The van der Waals surface area contributed by atoms with Gasteiger partial charge in [-0.2, -0.15) is 0 Å². The lowest BCUT2D eigenvalue weighted by Gasteiger charge is -2.19. The van der Waals surface area contributed by atoms with Crippen LogP contribution in [0.25, 0.3) is 0 Å². The summed E-state index contributed by atoms with van der Waals surface area (Å²) in [6.45, 7) is 2.38. The van der Waals surface area contributed by atoms with Crippen LogP contribution in [0, 0.1) is 0 Å². The highest BCUT2D eigenvalue weighted by Crippen LogP contribution is 2.29. The van der Waals surface area contributed by atoms with Crippen LogP contribution in [0.3, 0.4) is 0 Å². The van der Waals surface area contributed by atoms with Crippen molar-refractivity contribution >= 4 is 28.3 Å². The van der Waals surface area contributed by atoms with Crippen molar-refractivity contribution in [2.24, 2.45) is 0 Å². The van der Waals surface area contributed by atoms with Gasteiger partial charge < -0.3 is 4.90 Å². The molecule has 0 saturated carbocycles. The van der Waals surface area contributed by atoms with Crippen molar-refractivity contribution in [1.29, 1.82) is 0 Å². The summed E-state index contributed by atoms with van der Waals surface area (Å²) in [7, 11) is 0. The van der Waals surface area contributed by atoms with Gasteiger partial charge in [-0.05, 0) is 12.0 Å². The molecule has 6 nitrogen and oxygen atoms in total. The van der Waals surface area contributed by atoms with Crippen molar-refractivity contribution in [2.45, 2.75) is 25.4 Å². The molecule has 0 bridgehead atoms. The number of nitrogens with one attached hydrogen (secondary N) is 1. The summed E-state index contributed by atoms with van der Waals surface area (Å²) in [5.41, 5.74) is -0.922. The zero-order valence-electron chi connectivity index (χ0n) is 12.1. The van der Waals surface area contributed by atoms with Crippen LogP contribution in [0.2, 0.25) is 0 Å². The van der Waals surface area contributed by atoms with E-state index in [0.29, 0.717) is 17.6 Å². The summed E-state index contributed by atoms with van der Waals surface area (Å²) in [6.07, 6.45) is 5.99. The fraction of sp³-hybridized carbons (Fsp3) is 0.429. The number of nitrogens with zero attached hydrogens (tertiary/aromatic N) is 4. The molecule has 0 aliphatic carbocycles. The molecule has 2 aromatic heterocycles. The number of carbonyl (C=O) groups is 1. The number of hydrogen-bond acceptors (Lipinski definition) is 6. The van der Waals surface area contributed by atoms with Gasteiger partial charge in [0.15, 0.2) is 5.13 Å². The van der Waals surface area contributed by atoms with Gasteiger partial charge in [0.25, 0.3) is 5.91 Å². The maximum absolute atomic E-state index is 14.8. The van der Waals surface area contributed by atoms with Gasteiger partial charge in [0.1, 0.15) is 0 Å². The number of anilines is 2. The van der Waals surface area contributed by atoms with Crippen LogP contribution in [0.15, 0.2) is 24.0 Å². The number of hydrogen-bond donors (Lipinski definition) is 1. The molecule has 1 amide bonds. The Kier molecular flexibility index (Phi) is 4.02. The predicted molar refractivity (Wildman–Crippen MR) is 82.8 cm³/mol. The van der Waals surface area contributed by atoms with E-state index in [0.717, 1.165) is 12.0 Å². The second-order valence-corrected chi connectivity index (χ2v) is 6.07. The number of aromatic nitrogens is 3. The van der Waals surface area contributed by atoms with Crippen molar-refractivity contribution in [3.8, 4) is 0 Å². The summed E-state index contributed by atoms with van der Waals surface area (Å²) in [5, 5.41) is 4.65. The van der Waals surface area contributed by atoms with E-state index >= 15 is 0 Å². The van der Waals surface area contributed by atoms with Crippen LogP contribution in [0.5, 0.6) is 0 Å². The summed E-state index contributed by atoms with van der Waals surface area (Å²) >= 11 is 1.26. The van der Waals surface area contributed by atoms with E-state index in [9.17, 15) is 9.18 Å². The Bertz CT molecular complexity index is 648. The van der Waals surface area contributed by atoms with Crippen LogP contribution >= 0.6 is 11.3 Å². The Morgan fingerprint density at radius 2 is 2.23 bits per heavy atom. The zero-order valence-corrected chi connectivity index (χ0v) is 12.9. The highest BCUT2D eigenvalue weighted by molar-refractivity contribution is 7.13. The molecular weight excluding hydrogens is 305 g/mol. The third kappa shape index (κ3) is 2.92. The van der Waals surface area contributed by atoms with Crippen LogP contribution < -0.4 is 10.2 Å². The van der Waals surface area contributed by atoms with Gasteiger partial charge in [-0.15, -0.1) is 11.3 Å². The maximum Gasteiger partial charge on any atom is 0.265 e. The van der Waals surface area contributed by atoms with E-state index in [1.54, 1.807) is 28.9 Å². The lowest BCUT2D eigenvalue weighted by Crippen LogP contribution is -2.41. The number of rotatable bonds is 4. The molecule has 1 N–H and O–H groups in total. The standard InChI is InChI=1S/C14H16FN5OS/c1-2-10-7-17-12(18-8-10)20-5-3-14(15,9-20)11(21)19-13-16-4-6-22-13/h4,6-8H,2-3,5,9H2,1H3,(H,16,19,21). The SMILES string of the molecule is CCc1cnc(N2CCC(F)(C(=O)Nc3nccs3)C2)nc1. The highest BCUT2D eigenvalue weighted by Gasteiger charge is 2.46. The Hall–Kier alpha value is -2.09. The molecule has 0 aromatic carbocycles. The molecular formula is C14H16FN5OS. The van der Waals surface area contributed by atoms with Crippen molar-refractivity contribution in [2.75, 3.05) is 23.3 Å². The number of halogens is 1. The first-order valence-electron chi connectivity index (χ1n) is 7.06. The fourth-order valence-corrected chi connectivity index (χ4v) is 2.84. The van der Waals surface area contributed by atoms with Crippen molar-refractivity contribution in [3.63, 3.8) is 0 Å². The molecule has 0 radical (unpaired) electrons. The second kappa shape index (κ2) is 5.96. The van der Waals surface area contributed by atoms with Gasteiger partial charge in [0.05, 0.1) is 6.54 Å². The molecule has 8 heteroatoms. The molecule has 3 rings (SSSR count). The minimum atomic E-state index is -1.95. The van der Waals surface area contributed by atoms with Gasteiger partial charge >= 0.3 is 0 Å². The quantitative estimate of drug-likeness (QED) is 0.933. The first-order valence-corrected chi connectivity index (χ1v) is 7.94. The fourth-order valence-electron chi connectivity index (χ4n) is 2.32. The molecule has 1 aliphatic rings. The Balaban J connectivity index is 1.68. The molecule has 2 aromatic rings. The van der Waals surface area contributed by atoms with Gasteiger partial charge in [-0.1, -0.05) is 6.92 Å². The smallest absolute Gasteiger partial charge is 0.265 e. The maximum atomic E-state index is 14.8.